The van der Waals surface area contributed by atoms with Crippen LogP contribution in [0, 0.1) is 0 Å². The minimum atomic E-state index is -1.32. The van der Waals surface area contributed by atoms with Crippen molar-refractivity contribution in [2.45, 2.75) is 32.9 Å². The fourth-order valence-corrected chi connectivity index (χ4v) is 2.25. The average molecular weight is 346 g/mol. The number of fused-ring (bicyclic) bond motifs is 1. The molecular formula is C16H18N4O5. The molecule has 2 rings (SSSR count). The maximum absolute atomic E-state index is 12.5. The van der Waals surface area contributed by atoms with Gasteiger partial charge >= 0.3 is 12.0 Å². The van der Waals surface area contributed by atoms with Crippen LogP contribution in [-0.2, 0) is 4.79 Å². The molecule has 1 aromatic heterocycles. The van der Waals surface area contributed by atoms with Crippen LogP contribution < -0.4 is 16.2 Å². The zero-order valence-corrected chi connectivity index (χ0v) is 13.9. The number of carboxylic acids is 1. The molecule has 0 saturated heterocycles. The van der Waals surface area contributed by atoms with Gasteiger partial charge in [0.15, 0.2) is 5.69 Å². The van der Waals surface area contributed by atoms with Crippen LogP contribution in [0.2, 0.25) is 0 Å². The van der Waals surface area contributed by atoms with Crippen LogP contribution in [0.15, 0.2) is 29.1 Å². The lowest BCUT2D eigenvalue weighted by atomic mass is 10.1. The molecule has 0 saturated carbocycles. The van der Waals surface area contributed by atoms with E-state index in [-0.39, 0.29) is 22.5 Å². The molecule has 1 unspecified atom stereocenters. The molecule has 0 aliphatic rings. The second-order valence-corrected chi connectivity index (χ2v) is 5.74. The van der Waals surface area contributed by atoms with Crippen LogP contribution in [0.3, 0.4) is 0 Å². The van der Waals surface area contributed by atoms with E-state index in [0.717, 1.165) is 4.68 Å². The van der Waals surface area contributed by atoms with Gasteiger partial charge in [0.1, 0.15) is 6.04 Å². The number of carboxylic acid groups (broad SMARTS) is 1. The zero-order valence-electron chi connectivity index (χ0n) is 13.9. The molecule has 9 heteroatoms. The topological polar surface area (TPSA) is 130 Å². The molecule has 9 nitrogen and oxygen atoms in total. The Balaban J connectivity index is 2.45. The summed E-state index contributed by atoms with van der Waals surface area (Å²) in [5, 5.41) is 18.0. The van der Waals surface area contributed by atoms with Gasteiger partial charge in [0.2, 0.25) is 0 Å². The number of benzene rings is 1. The first-order valence-corrected chi connectivity index (χ1v) is 7.58. The fourth-order valence-electron chi connectivity index (χ4n) is 2.25. The minimum absolute atomic E-state index is 0.126. The molecule has 0 spiro atoms. The van der Waals surface area contributed by atoms with Crippen molar-refractivity contribution in [3.8, 4) is 0 Å². The summed E-state index contributed by atoms with van der Waals surface area (Å²) in [4.78, 5) is 47.8. The monoisotopic (exact) mass is 346 g/mol. The molecule has 2 aromatic rings. The fraction of sp³-hybridized carbons (Fsp3) is 0.312. The van der Waals surface area contributed by atoms with E-state index in [1.807, 2.05) is 0 Å². The first kappa shape index (κ1) is 18.1. The standard InChI is InChI=1S/C16H18N4O5/c1-8(2)17-16(25)18-13(21)9(3)20-14(22)11-7-5-4-6-10(11)12(19-20)15(23)24/h4-9H,1-3H3,(H,23,24)(H2,17,18,21,25). The molecule has 1 aromatic carbocycles. The van der Waals surface area contributed by atoms with Crippen molar-refractivity contribution < 1.29 is 19.5 Å². The number of hydrogen-bond acceptors (Lipinski definition) is 5. The van der Waals surface area contributed by atoms with Crippen LogP contribution in [0.25, 0.3) is 10.8 Å². The zero-order chi connectivity index (χ0) is 18.7. The summed E-state index contributed by atoms with van der Waals surface area (Å²) in [6.07, 6.45) is 0. The lowest BCUT2D eigenvalue weighted by Gasteiger charge is -2.16. The molecule has 1 heterocycles. The van der Waals surface area contributed by atoms with Crippen LogP contribution >= 0.6 is 0 Å². The Labute approximate surface area is 142 Å². The van der Waals surface area contributed by atoms with Crippen molar-refractivity contribution in [1.82, 2.24) is 20.4 Å². The third kappa shape index (κ3) is 3.82. The van der Waals surface area contributed by atoms with Gasteiger partial charge in [0.05, 0.1) is 5.39 Å². The highest BCUT2D eigenvalue weighted by Crippen LogP contribution is 2.14. The molecule has 0 bridgehead atoms. The molecule has 3 N–H and O–H groups in total. The lowest BCUT2D eigenvalue weighted by molar-refractivity contribution is -0.123. The van der Waals surface area contributed by atoms with E-state index in [2.05, 4.69) is 15.7 Å². The number of aromatic carboxylic acids is 1. The predicted molar refractivity (Wildman–Crippen MR) is 89.5 cm³/mol. The Hall–Kier alpha value is -3.23. The molecule has 0 aliphatic carbocycles. The number of urea groups is 1. The Morgan fingerprint density at radius 1 is 1.12 bits per heavy atom. The van der Waals surface area contributed by atoms with Gasteiger partial charge in [0, 0.05) is 11.4 Å². The normalized spacial score (nSPS) is 12.0. The molecule has 132 valence electrons. The predicted octanol–water partition coefficient (Wildman–Crippen LogP) is 0.890. The molecule has 1 atom stereocenters. The van der Waals surface area contributed by atoms with E-state index in [1.54, 1.807) is 26.0 Å². The number of rotatable bonds is 4. The first-order valence-electron chi connectivity index (χ1n) is 7.58. The van der Waals surface area contributed by atoms with Crippen molar-refractivity contribution in [2.24, 2.45) is 0 Å². The van der Waals surface area contributed by atoms with Gasteiger partial charge in [-0.25, -0.2) is 14.3 Å². The van der Waals surface area contributed by atoms with Crippen LogP contribution in [-0.4, -0.2) is 38.8 Å². The summed E-state index contributed by atoms with van der Waals surface area (Å²) < 4.78 is 0.768. The number of hydrogen-bond donors (Lipinski definition) is 3. The van der Waals surface area contributed by atoms with Crippen LogP contribution in [0.4, 0.5) is 4.79 Å². The highest BCUT2D eigenvalue weighted by Gasteiger charge is 2.23. The second kappa shape index (κ2) is 7.12. The lowest BCUT2D eigenvalue weighted by Crippen LogP contribution is -2.46. The summed E-state index contributed by atoms with van der Waals surface area (Å²) >= 11 is 0. The number of nitrogens with one attached hydrogen (secondary N) is 2. The SMILES string of the molecule is CC(C)NC(=O)NC(=O)C(C)n1nc(C(=O)O)c2ccccc2c1=O. The quantitative estimate of drug-likeness (QED) is 0.753. The third-order valence-corrected chi connectivity index (χ3v) is 3.43. The van der Waals surface area contributed by atoms with Crippen LogP contribution in [0.1, 0.15) is 37.3 Å². The Morgan fingerprint density at radius 3 is 2.28 bits per heavy atom. The number of aromatic nitrogens is 2. The number of amides is 3. The Morgan fingerprint density at radius 2 is 1.72 bits per heavy atom. The summed E-state index contributed by atoms with van der Waals surface area (Å²) in [6, 6.07) is 4.04. The van der Waals surface area contributed by atoms with E-state index < -0.39 is 29.5 Å². The number of carbonyl (C=O) groups excluding carboxylic acids is 2. The van der Waals surface area contributed by atoms with Gasteiger partial charge in [-0.3, -0.25) is 14.9 Å². The molecule has 0 aliphatic heterocycles. The summed E-state index contributed by atoms with van der Waals surface area (Å²) in [5.41, 5.74) is -0.964. The third-order valence-electron chi connectivity index (χ3n) is 3.43. The minimum Gasteiger partial charge on any atom is -0.476 e. The van der Waals surface area contributed by atoms with E-state index in [4.69, 9.17) is 0 Å². The number of imide groups is 1. The van der Waals surface area contributed by atoms with Crippen molar-refractivity contribution in [1.29, 1.82) is 0 Å². The Kier molecular flexibility index (Phi) is 5.16. The van der Waals surface area contributed by atoms with Crippen LogP contribution in [0.5, 0.6) is 0 Å². The van der Waals surface area contributed by atoms with E-state index in [0.29, 0.717) is 0 Å². The highest BCUT2D eigenvalue weighted by molar-refractivity contribution is 6.01. The van der Waals surface area contributed by atoms with E-state index in [9.17, 15) is 24.3 Å². The molecule has 25 heavy (non-hydrogen) atoms. The maximum atomic E-state index is 12.5. The summed E-state index contributed by atoms with van der Waals surface area (Å²) in [6.45, 7) is 4.80. The molecular weight excluding hydrogens is 328 g/mol. The van der Waals surface area contributed by atoms with Crippen molar-refractivity contribution >= 4 is 28.7 Å². The first-order chi connectivity index (χ1) is 11.7. The van der Waals surface area contributed by atoms with Gasteiger partial charge in [0.25, 0.3) is 11.5 Å². The highest BCUT2D eigenvalue weighted by atomic mass is 16.4. The second-order valence-electron chi connectivity index (χ2n) is 5.74. The largest absolute Gasteiger partial charge is 0.476 e. The van der Waals surface area contributed by atoms with Gasteiger partial charge < -0.3 is 10.4 Å². The summed E-state index contributed by atoms with van der Waals surface area (Å²) in [7, 11) is 0. The van der Waals surface area contributed by atoms with Crippen molar-refractivity contribution in [2.75, 3.05) is 0 Å². The number of nitrogens with zero attached hydrogens (tertiary/aromatic N) is 2. The van der Waals surface area contributed by atoms with Crippen molar-refractivity contribution in [3.05, 3.63) is 40.3 Å². The maximum Gasteiger partial charge on any atom is 0.357 e. The van der Waals surface area contributed by atoms with Gasteiger partial charge in [-0.15, -0.1) is 0 Å². The average Bonchev–Trinajstić information content (AvgIpc) is 2.53. The van der Waals surface area contributed by atoms with Gasteiger partial charge in [-0.1, -0.05) is 18.2 Å². The molecule has 0 radical (unpaired) electrons. The van der Waals surface area contributed by atoms with Crippen molar-refractivity contribution in [3.63, 3.8) is 0 Å². The van der Waals surface area contributed by atoms with E-state index in [1.165, 1.54) is 19.1 Å². The van der Waals surface area contributed by atoms with E-state index >= 15 is 0 Å². The van der Waals surface area contributed by atoms with Gasteiger partial charge in [-0.05, 0) is 26.8 Å². The van der Waals surface area contributed by atoms with Gasteiger partial charge in [-0.2, -0.15) is 5.10 Å². The molecule has 0 fully saturated rings. The number of carbonyl (C=O) groups is 3. The summed E-state index contributed by atoms with van der Waals surface area (Å²) in [5.74, 6) is -2.10. The molecule has 3 amide bonds. The Bertz CT molecular complexity index is 903. The smallest absolute Gasteiger partial charge is 0.357 e.